The van der Waals surface area contributed by atoms with Crippen molar-refractivity contribution in [2.75, 3.05) is 24.3 Å². The van der Waals surface area contributed by atoms with E-state index >= 15 is 0 Å². The Hall–Kier alpha value is -3.48. The quantitative estimate of drug-likeness (QED) is 0.425. The Bertz CT molecular complexity index is 1260. The molecule has 2 N–H and O–H groups in total. The van der Waals surface area contributed by atoms with Crippen LogP contribution in [0.15, 0.2) is 70.5 Å². The summed E-state index contributed by atoms with van der Waals surface area (Å²) in [4.78, 5) is 15.5. The smallest absolute Gasteiger partial charge is 0.268 e. The summed E-state index contributed by atoms with van der Waals surface area (Å²) < 4.78 is 17.6. The van der Waals surface area contributed by atoms with Gasteiger partial charge >= 0.3 is 0 Å². The highest BCUT2D eigenvalue weighted by Crippen LogP contribution is 2.49. The normalized spacial score (nSPS) is 16.4. The SMILES string of the molecule is CCSc1ccc(C(Oc2ccc(C#N)cc2)C(=O)NC2Nc3ccc4c(c3S2)OCCO4)cc1. The standard InChI is InChI=1S/C26H23N3O4S2/c1-2-34-19-9-5-17(6-10-19)22(33-18-7-3-16(15-27)4-8-18)25(30)29-26-28-20-11-12-21-23(24(20)35-26)32-14-13-31-21/h3-12,22,26,28H,2,13-14H2,1H3,(H,29,30). The molecular weight excluding hydrogens is 482 g/mol. The first-order valence-electron chi connectivity index (χ1n) is 11.2. The summed E-state index contributed by atoms with van der Waals surface area (Å²) in [6.45, 7) is 3.11. The first-order valence-corrected chi connectivity index (χ1v) is 13.1. The van der Waals surface area contributed by atoms with E-state index in [0.717, 1.165) is 26.8 Å². The lowest BCUT2D eigenvalue weighted by atomic mass is 10.1. The number of fused-ring (bicyclic) bond motifs is 3. The highest BCUT2D eigenvalue weighted by Gasteiger charge is 2.32. The third kappa shape index (κ3) is 5.14. The Morgan fingerprint density at radius 1 is 1.17 bits per heavy atom. The van der Waals surface area contributed by atoms with Crippen LogP contribution >= 0.6 is 23.5 Å². The molecule has 0 saturated heterocycles. The molecule has 0 saturated carbocycles. The number of ether oxygens (including phenoxy) is 3. The van der Waals surface area contributed by atoms with Crippen LogP contribution in [0, 0.1) is 11.3 Å². The van der Waals surface area contributed by atoms with Crippen LogP contribution in [0.25, 0.3) is 0 Å². The number of nitrogens with one attached hydrogen (secondary N) is 2. The zero-order valence-electron chi connectivity index (χ0n) is 18.9. The van der Waals surface area contributed by atoms with Crippen molar-refractivity contribution in [2.45, 2.75) is 28.3 Å². The summed E-state index contributed by atoms with van der Waals surface area (Å²) in [5, 5.41) is 15.4. The number of amides is 1. The van der Waals surface area contributed by atoms with Crippen molar-refractivity contribution in [1.29, 1.82) is 5.26 Å². The van der Waals surface area contributed by atoms with Gasteiger partial charge in [-0.1, -0.05) is 30.8 Å². The van der Waals surface area contributed by atoms with Crippen LogP contribution in [0.1, 0.15) is 24.2 Å². The highest BCUT2D eigenvalue weighted by molar-refractivity contribution is 8.00. The molecule has 3 aromatic carbocycles. The van der Waals surface area contributed by atoms with Gasteiger partial charge < -0.3 is 24.8 Å². The Kier molecular flexibility index (Phi) is 6.93. The zero-order valence-corrected chi connectivity index (χ0v) is 20.6. The predicted octanol–water partition coefficient (Wildman–Crippen LogP) is 5.18. The molecule has 2 heterocycles. The second kappa shape index (κ2) is 10.4. The van der Waals surface area contributed by atoms with Crippen LogP contribution < -0.4 is 24.8 Å². The molecule has 0 fully saturated rings. The number of rotatable bonds is 7. The molecule has 3 aromatic rings. The van der Waals surface area contributed by atoms with Crippen LogP contribution in [-0.2, 0) is 4.79 Å². The predicted molar refractivity (Wildman–Crippen MR) is 136 cm³/mol. The van der Waals surface area contributed by atoms with Crippen LogP contribution in [0.2, 0.25) is 0 Å². The summed E-state index contributed by atoms with van der Waals surface area (Å²) >= 11 is 3.20. The third-order valence-electron chi connectivity index (χ3n) is 5.43. The van der Waals surface area contributed by atoms with Gasteiger partial charge in [0.25, 0.3) is 5.91 Å². The number of hydrogen-bond acceptors (Lipinski definition) is 8. The zero-order chi connectivity index (χ0) is 24.2. The lowest BCUT2D eigenvalue weighted by Crippen LogP contribution is -2.40. The number of thioether (sulfide) groups is 2. The van der Waals surface area contributed by atoms with Crippen molar-refractivity contribution in [3.63, 3.8) is 0 Å². The van der Waals surface area contributed by atoms with Gasteiger partial charge in [-0.15, -0.1) is 11.8 Å². The fourth-order valence-electron chi connectivity index (χ4n) is 3.80. The molecule has 2 unspecified atom stereocenters. The maximum atomic E-state index is 13.5. The van der Waals surface area contributed by atoms with Crippen molar-refractivity contribution >= 4 is 35.1 Å². The van der Waals surface area contributed by atoms with Crippen molar-refractivity contribution < 1.29 is 19.0 Å². The van der Waals surface area contributed by atoms with Crippen LogP contribution in [0.3, 0.4) is 0 Å². The number of carbonyl (C=O) groups excluding carboxylic acids is 1. The Morgan fingerprint density at radius 2 is 1.94 bits per heavy atom. The third-order valence-corrected chi connectivity index (χ3v) is 7.43. The van der Waals surface area contributed by atoms with Gasteiger partial charge in [0, 0.05) is 10.5 Å². The van der Waals surface area contributed by atoms with Crippen molar-refractivity contribution in [1.82, 2.24) is 5.32 Å². The average Bonchev–Trinajstić information content (AvgIpc) is 3.31. The monoisotopic (exact) mass is 505 g/mol. The number of nitriles is 1. The molecule has 2 aliphatic heterocycles. The number of benzene rings is 3. The molecule has 9 heteroatoms. The summed E-state index contributed by atoms with van der Waals surface area (Å²) in [6, 6.07) is 20.4. The Balaban J connectivity index is 1.35. The summed E-state index contributed by atoms with van der Waals surface area (Å²) in [7, 11) is 0. The lowest BCUT2D eigenvalue weighted by Gasteiger charge is -2.22. The van der Waals surface area contributed by atoms with Crippen molar-refractivity contribution in [3.05, 3.63) is 71.8 Å². The first kappa shape index (κ1) is 23.3. The fraction of sp³-hybridized carbons (Fsp3) is 0.231. The van der Waals surface area contributed by atoms with E-state index in [9.17, 15) is 4.79 Å². The maximum absolute atomic E-state index is 13.5. The van der Waals surface area contributed by atoms with Gasteiger partial charge in [-0.25, -0.2) is 0 Å². The van der Waals surface area contributed by atoms with Gasteiger partial charge in [0.1, 0.15) is 19.0 Å². The van der Waals surface area contributed by atoms with E-state index in [1.165, 1.54) is 11.8 Å². The molecule has 0 aromatic heterocycles. The summed E-state index contributed by atoms with van der Waals surface area (Å²) in [6.07, 6.45) is -0.872. The number of carbonyl (C=O) groups is 1. The van der Waals surface area contributed by atoms with Gasteiger partial charge in [0.05, 0.1) is 22.2 Å². The van der Waals surface area contributed by atoms with E-state index in [2.05, 4.69) is 23.6 Å². The molecule has 178 valence electrons. The molecule has 7 nitrogen and oxygen atoms in total. The second-order valence-corrected chi connectivity index (χ2v) is 10.2. The molecule has 2 aliphatic rings. The molecule has 0 aliphatic carbocycles. The number of hydrogen-bond donors (Lipinski definition) is 2. The fourth-order valence-corrected chi connectivity index (χ4v) is 5.58. The van der Waals surface area contributed by atoms with Crippen molar-refractivity contribution in [2.24, 2.45) is 0 Å². The van der Waals surface area contributed by atoms with E-state index in [4.69, 9.17) is 19.5 Å². The van der Waals surface area contributed by atoms with Gasteiger partial charge in [-0.2, -0.15) is 5.26 Å². The molecule has 35 heavy (non-hydrogen) atoms. The topological polar surface area (TPSA) is 92.6 Å². The van der Waals surface area contributed by atoms with Crippen LogP contribution in [-0.4, -0.2) is 30.4 Å². The minimum absolute atomic E-state index is 0.283. The molecule has 0 radical (unpaired) electrons. The number of nitrogens with zero attached hydrogens (tertiary/aromatic N) is 1. The van der Waals surface area contributed by atoms with E-state index in [0.29, 0.717) is 36.0 Å². The summed E-state index contributed by atoms with van der Waals surface area (Å²) in [5.41, 5.74) is 1.76. The van der Waals surface area contributed by atoms with Crippen LogP contribution in [0.4, 0.5) is 5.69 Å². The first-order chi connectivity index (χ1) is 17.1. The maximum Gasteiger partial charge on any atom is 0.268 e. The molecular formula is C26H23N3O4S2. The largest absolute Gasteiger partial charge is 0.486 e. The molecule has 5 rings (SSSR count). The van der Waals surface area contributed by atoms with Crippen molar-refractivity contribution in [3.8, 4) is 23.3 Å². The van der Waals surface area contributed by atoms with Gasteiger partial charge in [-0.3, -0.25) is 4.79 Å². The summed E-state index contributed by atoms with van der Waals surface area (Å²) in [5.74, 6) is 2.61. The van der Waals surface area contributed by atoms with E-state index < -0.39 is 11.6 Å². The molecule has 2 atom stereocenters. The lowest BCUT2D eigenvalue weighted by molar-refractivity contribution is -0.128. The highest BCUT2D eigenvalue weighted by atomic mass is 32.2. The van der Waals surface area contributed by atoms with Gasteiger partial charge in [0.15, 0.2) is 17.0 Å². The van der Waals surface area contributed by atoms with Gasteiger partial charge in [-0.05, 0) is 54.3 Å². The Morgan fingerprint density at radius 3 is 2.69 bits per heavy atom. The minimum atomic E-state index is -0.872. The van der Waals surface area contributed by atoms with E-state index in [1.807, 2.05) is 36.4 Å². The minimum Gasteiger partial charge on any atom is -0.486 e. The Labute approximate surface area is 212 Å². The van der Waals surface area contributed by atoms with E-state index in [1.54, 1.807) is 36.0 Å². The van der Waals surface area contributed by atoms with E-state index in [-0.39, 0.29) is 5.91 Å². The van der Waals surface area contributed by atoms with Crippen LogP contribution in [0.5, 0.6) is 17.2 Å². The van der Waals surface area contributed by atoms with Gasteiger partial charge in [0.2, 0.25) is 6.10 Å². The second-order valence-electron chi connectivity index (χ2n) is 7.75. The molecule has 1 amide bonds. The molecule has 0 spiro atoms. The molecule has 0 bridgehead atoms. The average molecular weight is 506 g/mol. The number of anilines is 1.